The normalized spacial score (nSPS) is 21.5. The molecule has 1 amide bonds. The number of aliphatic hydroxyl groups excluding tert-OH is 1. The lowest BCUT2D eigenvalue weighted by molar-refractivity contribution is -0.385. The third-order valence-electron chi connectivity index (χ3n) is 3.57. The van der Waals surface area contributed by atoms with E-state index < -0.39 is 28.6 Å². The summed E-state index contributed by atoms with van der Waals surface area (Å²) in [6.45, 7) is -0.0416. The minimum atomic E-state index is -1.27. The Balaban J connectivity index is 2.07. The number of amides is 1. The van der Waals surface area contributed by atoms with Crippen LogP contribution in [-0.4, -0.2) is 56.3 Å². The van der Waals surface area contributed by atoms with Crippen molar-refractivity contribution in [2.45, 2.75) is 18.4 Å². The number of rotatable bonds is 4. The second kappa shape index (κ2) is 5.66. The van der Waals surface area contributed by atoms with Crippen molar-refractivity contribution in [2.24, 2.45) is 0 Å². The van der Waals surface area contributed by atoms with Gasteiger partial charge < -0.3 is 20.2 Å². The summed E-state index contributed by atoms with van der Waals surface area (Å²) in [4.78, 5) is 23.5. The zero-order valence-electron chi connectivity index (χ0n) is 11.2. The SMILES string of the molecule is O=C(Cc1ccc(O)c([N+](=O)[O-])c1)N1CCC(O)(CO)C1. The maximum atomic E-state index is 12.1. The summed E-state index contributed by atoms with van der Waals surface area (Å²) in [5.74, 6) is -0.744. The number of β-amino-alcohol motifs (C(OH)–C–C–N with tert-alkyl or cyclic N) is 1. The van der Waals surface area contributed by atoms with Gasteiger partial charge in [0.05, 0.1) is 24.5 Å². The fourth-order valence-electron chi connectivity index (χ4n) is 2.31. The highest BCUT2D eigenvalue weighted by molar-refractivity contribution is 5.79. The fourth-order valence-corrected chi connectivity index (χ4v) is 2.31. The second-order valence-electron chi connectivity index (χ2n) is 5.20. The van der Waals surface area contributed by atoms with Gasteiger partial charge in [0.1, 0.15) is 5.60 Å². The number of nitrogens with zero attached hydrogens (tertiary/aromatic N) is 2. The van der Waals surface area contributed by atoms with Crippen LogP contribution >= 0.6 is 0 Å². The molecule has 0 aromatic heterocycles. The Labute approximate surface area is 120 Å². The van der Waals surface area contributed by atoms with E-state index in [0.29, 0.717) is 18.5 Å². The van der Waals surface area contributed by atoms with Gasteiger partial charge in [-0.05, 0) is 18.1 Å². The topological polar surface area (TPSA) is 124 Å². The Morgan fingerprint density at radius 3 is 2.76 bits per heavy atom. The number of carbonyl (C=O) groups is 1. The van der Waals surface area contributed by atoms with Crippen molar-refractivity contribution >= 4 is 11.6 Å². The molecule has 1 saturated heterocycles. The zero-order valence-corrected chi connectivity index (χ0v) is 11.2. The van der Waals surface area contributed by atoms with Gasteiger partial charge >= 0.3 is 5.69 Å². The Kier molecular flexibility index (Phi) is 4.10. The summed E-state index contributed by atoms with van der Waals surface area (Å²) in [6, 6.07) is 3.77. The molecule has 21 heavy (non-hydrogen) atoms. The van der Waals surface area contributed by atoms with Crippen LogP contribution in [0.1, 0.15) is 12.0 Å². The molecular formula is C13H16N2O6. The number of nitro benzene ring substituents is 1. The van der Waals surface area contributed by atoms with Crippen LogP contribution in [0.5, 0.6) is 5.75 Å². The number of nitro groups is 1. The first kappa shape index (κ1) is 15.2. The molecule has 8 nitrogen and oxygen atoms in total. The molecule has 1 unspecified atom stereocenters. The number of aliphatic hydroxyl groups is 2. The van der Waals surface area contributed by atoms with Crippen molar-refractivity contribution in [3.05, 3.63) is 33.9 Å². The summed E-state index contributed by atoms with van der Waals surface area (Å²) in [6.07, 6.45) is 0.230. The van der Waals surface area contributed by atoms with Gasteiger partial charge in [0.25, 0.3) is 0 Å². The molecule has 114 valence electrons. The van der Waals surface area contributed by atoms with Crippen molar-refractivity contribution in [3.63, 3.8) is 0 Å². The largest absolute Gasteiger partial charge is 0.502 e. The van der Waals surface area contributed by atoms with Crippen LogP contribution in [0.4, 0.5) is 5.69 Å². The Bertz CT molecular complexity index is 576. The number of aromatic hydroxyl groups is 1. The van der Waals surface area contributed by atoms with Crippen LogP contribution in [0.15, 0.2) is 18.2 Å². The number of phenols is 1. The summed E-state index contributed by atoms with van der Waals surface area (Å²) >= 11 is 0. The first-order chi connectivity index (χ1) is 9.84. The van der Waals surface area contributed by atoms with Crippen molar-refractivity contribution in [2.75, 3.05) is 19.7 Å². The highest BCUT2D eigenvalue weighted by atomic mass is 16.6. The number of hydrogen-bond acceptors (Lipinski definition) is 6. The fraction of sp³-hybridized carbons (Fsp3) is 0.462. The average Bonchev–Trinajstić information content (AvgIpc) is 2.84. The molecule has 1 aliphatic rings. The highest BCUT2D eigenvalue weighted by Gasteiger charge is 2.37. The third kappa shape index (κ3) is 3.29. The minimum Gasteiger partial charge on any atom is -0.502 e. The van der Waals surface area contributed by atoms with Crippen LogP contribution in [0.3, 0.4) is 0 Å². The molecule has 1 aromatic rings. The molecule has 0 spiro atoms. The van der Waals surface area contributed by atoms with Gasteiger partial charge in [-0.1, -0.05) is 6.07 Å². The minimum absolute atomic E-state index is 0.0442. The molecule has 0 bridgehead atoms. The average molecular weight is 296 g/mol. The smallest absolute Gasteiger partial charge is 0.310 e. The van der Waals surface area contributed by atoms with Crippen molar-refractivity contribution in [3.8, 4) is 5.75 Å². The third-order valence-corrected chi connectivity index (χ3v) is 3.57. The molecule has 1 fully saturated rings. The van der Waals surface area contributed by atoms with Crippen LogP contribution in [0, 0.1) is 10.1 Å². The van der Waals surface area contributed by atoms with E-state index in [4.69, 9.17) is 5.11 Å². The van der Waals surface area contributed by atoms with Gasteiger partial charge in [0.15, 0.2) is 5.75 Å². The standard InChI is InChI=1S/C13H16N2O6/c16-8-13(19)3-4-14(7-13)12(18)6-9-1-2-11(17)10(5-9)15(20)21/h1-2,5,16-17,19H,3-4,6-8H2. The van der Waals surface area contributed by atoms with E-state index in [1.54, 1.807) is 0 Å². The lowest BCUT2D eigenvalue weighted by atomic mass is 10.1. The second-order valence-corrected chi connectivity index (χ2v) is 5.20. The van der Waals surface area contributed by atoms with Crippen LogP contribution in [-0.2, 0) is 11.2 Å². The first-order valence-corrected chi connectivity index (χ1v) is 6.42. The predicted octanol–water partition coefficient (Wildman–Crippen LogP) is -0.201. The Hall–Kier alpha value is -2.19. The molecule has 1 heterocycles. The quantitative estimate of drug-likeness (QED) is 0.522. The lowest BCUT2D eigenvalue weighted by Crippen LogP contribution is -2.39. The van der Waals surface area contributed by atoms with Gasteiger partial charge in [0, 0.05) is 12.6 Å². The van der Waals surface area contributed by atoms with E-state index in [-0.39, 0.29) is 18.9 Å². The lowest BCUT2D eigenvalue weighted by Gasteiger charge is -2.20. The van der Waals surface area contributed by atoms with Crippen molar-refractivity contribution < 1.29 is 25.0 Å². The van der Waals surface area contributed by atoms with Crippen molar-refractivity contribution in [1.82, 2.24) is 4.90 Å². The van der Waals surface area contributed by atoms with E-state index >= 15 is 0 Å². The van der Waals surface area contributed by atoms with E-state index in [1.165, 1.54) is 17.0 Å². The summed E-state index contributed by atoms with van der Waals surface area (Å²) < 4.78 is 0. The molecule has 1 aliphatic heterocycles. The molecule has 8 heteroatoms. The maximum absolute atomic E-state index is 12.1. The van der Waals surface area contributed by atoms with Gasteiger partial charge in [-0.3, -0.25) is 14.9 Å². The first-order valence-electron chi connectivity index (χ1n) is 6.42. The highest BCUT2D eigenvalue weighted by Crippen LogP contribution is 2.27. The number of likely N-dealkylation sites (tertiary alicyclic amines) is 1. The van der Waals surface area contributed by atoms with Crippen LogP contribution in [0.2, 0.25) is 0 Å². The van der Waals surface area contributed by atoms with Crippen LogP contribution in [0.25, 0.3) is 0 Å². The monoisotopic (exact) mass is 296 g/mol. The molecule has 3 N–H and O–H groups in total. The van der Waals surface area contributed by atoms with E-state index in [0.717, 1.165) is 6.07 Å². The van der Waals surface area contributed by atoms with Gasteiger partial charge in [-0.2, -0.15) is 0 Å². The molecule has 2 rings (SSSR count). The van der Waals surface area contributed by atoms with E-state index in [1.807, 2.05) is 0 Å². The Morgan fingerprint density at radius 2 is 2.19 bits per heavy atom. The predicted molar refractivity (Wildman–Crippen MR) is 71.7 cm³/mol. The zero-order chi connectivity index (χ0) is 15.6. The molecule has 1 aromatic carbocycles. The molecule has 0 radical (unpaired) electrons. The molecule has 0 aliphatic carbocycles. The summed E-state index contributed by atoms with van der Waals surface area (Å²) in [7, 11) is 0. The van der Waals surface area contributed by atoms with E-state index in [9.17, 15) is 25.1 Å². The summed E-state index contributed by atoms with van der Waals surface area (Å²) in [5, 5.41) is 39.0. The number of phenolic OH excluding ortho intramolecular Hbond substituents is 1. The Morgan fingerprint density at radius 1 is 1.48 bits per heavy atom. The summed E-state index contributed by atoms with van der Waals surface area (Å²) in [5.41, 5.74) is -1.31. The molecule has 0 saturated carbocycles. The van der Waals surface area contributed by atoms with Crippen LogP contribution < -0.4 is 0 Å². The number of benzene rings is 1. The number of hydrogen-bond donors (Lipinski definition) is 3. The molecular weight excluding hydrogens is 280 g/mol. The number of carbonyl (C=O) groups excluding carboxylic acids is 1. The van der Waals surface area contributed by atoms with Gasteiger partial charge in [-0.25, -0.2) is 0 Å². The van der Waals surface area contributed by atoms with Gasteiger partial charge in [0.2, 0.25) is 5.91 Å². The maximum Gasteiger partial charge on any atom is 0.310 e. The van der Waals surface area contributed by atoms with Crippen molar-refractivity contribution in [1.29, 1.82) is 0 Å². The molecule has 1 atom stereocenters. The van der Waals surface area contributed by atoms with Gasteiger partial charge in [-0.15, -0.1) is 0 Å². The van der Waals surface area contributed by atoms with E-state index in [2.05, 4.69) is 0 Å².